The van der Waals surface area contributed by atoms with E-state index in [2.05, 4.69) is 83.2 Å². The van der Waals surface area contributed by atoms with Gasteiger partial charge in [0.2, 0.25) is 0 Å². The first-order chi connectivity index (χ1) is 9.70. The van der Waals surface area contributed by atoms with Gasteiger partial charge in [0.15, 0.2) is 0 Å². The van der Waals surface area contributed by atoms with Gasteiger partial charge in [-0.3, -0.25) is 0 Å². The fourth-order valence-corrected chi connectivity index (χ4v) is 2.53. The molecule has 0 aliphatic heterocycles. The Kier molecular flexibility index (Phi) is 6.89. The van der Waals surface area contributed by atoms with E-state index in [1.165, 1.54) is 17.5 Å². The van der Waals surface area contributed by atoms with E-state index in [9.17, 15) is 0 Å². The van der Waals surface area contributed by atoms with Gasteiger partial charge < -0.3 is 10.2 Å². The maximum absolute atomic E-state index is 3.61. The Morgan fingerprint density at radius 2 is 1.62 bits per heavy atom. The fourth-order valence-electron chi connectivity index (χ4n) is 2.53. The molecule has 0 saturated heterocycles. The van der Waals surface area contributed by atoms with E-state index in [-0.39, 0.29) is 5.41 Å². The second-order valence-electron chi connectivity index (χ2n) is 7.82. The molecule has 1 rings (SSSR count). The van der Waals surface area contributed by atoms with Crippen LogP contribution in [0.1, 0.15) is 52.2 Å². The molecule has 0 spiro atoms. The summed E-state index contributed by atoms with van der Waals surface area (Å²) in [6.45, 7) is 13.4. The summed E-state index contributed by atoms with van der Waals surface area (Å²) < 4.78 is 0. The quantitative estimate of drug-likeness (QED) is 0.815. The summed E-state index contributed by atoms with van der Waals surface area (Å²) >= 11 is 0. The average molecular weight is 290 g/mol. The van der Waals surface area contributed by atoms with Gasteiger partial charge in [-0.15, -0.1) is 0 Å². The van der Waals surface area contributed by atoms with Crippen LogP contribution in [0.3, 0.4) is 0 Å². The molecule has 0 saturated carbocycles. The van der Waals surface area contributed by atoms with Gasteiger partial charge in [-0.05, 0) is 43.0 Å². The lowest BCUT2D eigenvalue weighted by Gasteiger charge is -2.26. The van der Waals surface area contributed by atoms with Crippen LogP contribution < -0.4 is 5.32 Å². The molecule has 0 aliphatic rings. The minimum Gasteiger partial charge on any atom is -0.311 e. The molecule has 2 heteroatoms. The molecule has 2 nitrogen and oxygen atoms in total. The predicted molar refractivity (Wildman–Crippen MR) is 93.8 cm³/mol. The number of nitrogens with one attached hydrogen (secondary N) is 1. The maximum atomic E-state index is 3.61. The first-order valence-electron chi connectivity index (χ1n) is 8.16. The number of hydrogen-bond acceptors (Lipinski definition) is 2. The van der Waals surface area contributed by atoms with Gasteiger partial charge in [0.25, 0.3) is 0 Å². The Balaban J connectivity index is 2.48. The van der Waals surface area contributed by atoms with E-state index < -0.39 is 0 Å². The highest BCUT2D eigenvalue weighted by molar-refractivity contribution is 5.27. The highest BCUT2D eigenvalue weighted by Crippen LogP contribution is 2.22. The Bertz CT molecular complexity index is 399. The molecule has 0 fully saturated rings. The van der Waals surface area contributed by atoms with Crippen LogP contribution >= 0.6 is 0 Å². The molecule has 0 bridgehead atoms. The standard InChI is InChI=1S/C19H34N2/c1-15(2)12-18(21(6)7)14-20-13-16-8-10-17(11-9-16)19(3,4)5/h8-11,15,18,20H,12-14H2,1-7H3. The smallest absolute Gasteiger partial charge is 0.0217 e. The number of likely N-dealkylation sites (N-methyl/N-ethyl adjacent to an activating group) is 1. The lowest BCUT2D eigenvalue weighted by molar-refractivity contribution is 0.246. The lowest BCUT2D eigenvalue weighted by Crippen LogP contribution is -2.38. The average Bonchev–Trinajstić information content (AvgIpc) is 2.36. The van der Waals surface area contributed by atoms with Crippen LogP contribution in [0.5, 0.6) is 0 Å². The monoisotopic (exact) mass is 290 g/mol. The highest BCUT2D eigenvalue weighted by atomic mass is 15.1. The summed E-state index contributed by atoms with van der Waals surface area (Å²) in [6.07, 6.45) is 1.24. The van der Waals surface area contributed by atoms with Crippen molar-refractivity contribution in [3.05, 3.63) is 35.4 Å². The Labute approximate surface area is 131 Å². The zero-order chi connectivity index (χ0) is 16.0. The van der Waals surface area contributed by atoms with Crippen molar-refractivity contribution in [2.45, 2.75) is 59.0 Å². The molecule has 21 heavy (non-hydrogen) atoms. The van der Waals surface area contributed by atoms with Crippen LogP contribution in [0.2, 0.25) is 0 Å². The third-order valence-electron chi connectivity index (χ3n) is 4.00. The summed E-state index contributed by atoms with van der Waals surface area (Å²) in [7, 11) is 4.35. The fraction of sp³-hybridized carbons (Fsp3) is 0.684. The largest absolute Gasteiger partial charge is 0.311 e. The van der Waals surface area contributed by atoms with Gasteiger partial charge in [-0.2, -0.15) is 0 Å². The third-order valence-corrected chi connectivity index (χ3v) is 4.00. The van der Waals surface area contributed by atoms with E-state index in [4.69, 9.17) is 0 Å². The van der Waals surface area contributed by atoms with Crippen molar-refractivity contribution in [1.29, 1.82) is 0 Å². The van der Waals surface area contributed by atoms with Crippen molar-refractivity contribution >= 4 is 0 Å². The van der Waals surface area contributed by atoms with Gasteiger partial charge in [-0.25, -0.2) is 0 Å². The topological polar surface area (TPSA) is 15.3 Å². The summed E-state index contributed by atoms with van der Waals surface area (Å²) in [5.41, 5.74) is 3.00. The number of hydrogen-bond donors (Lipinski definition) is 1. The third kappa shape index (κ3) is 6.62. The van der Waals surface area contributed by atoms with Crippen LogP contribution in [0, 0.1) is 5.92 Å². The van der Waals surface area contributed by atoms with E-state index in [1.54, 1.807) is 0 Å². The Morgan fingerprint density at radius 3 is 2.05 bits per heavy atom. The first kappa shape index (κ1) is 18.2. The van der Waals surface area contributed by atoms with Gasteiger partial charge in [0, 0.05) is 19.1 Å². The number of rotatable bonds is 7. The zero-order valence-electron chi connectivity index (χ0n) is 15.0. The van der Waals surface area contributed by atoms with Crippen molar-refractivity contribution in [2.24, 2.45) is 5.92 Å². The first-order valence-corrected chi connectivity index (χ1v) is 8.16. The van der Waals surface area contributed by atoms with Crippen molar-refractivity contribution < 1.29 is 0 Å². The maximum Gasteiger partial charge on any atom is 0.0217 e. The van der Waals surface area contributed by atoms with Gasteiger partial charge in [0.1, 0.15) is 0 Å². The van der Waals surface area contributed by atoms with Crippen LogP contribution in [0.15, 0.2) is 24.3 Å². The molecule has 0 aromatic heterocycles. The molecule has 1 unspecified atom stereocenters. The molecule has 0 radical (unpaired) electrons. The minimum atomic E-state index is 0.235. The molecule has 1 N–H and O–H groups in total. The SMILES string of the molecule is CC(C)CC(CNCc1ccc(C(C)(C)C)cc1)N(C)C. The second kappa shape index (κ2) is 7.95. The van der Waals surface area contributed by atoms with Crippen molar-refractivity contribution in [1.82, 2.24) is 10.2 Å². The number of benzene rings is 1. The second-order valence-corrected chi connectivity index (χ2v) is 7.82. The highest BCUT2D eigenvalue weighted by Gasteiger charge is 2.14. The zero-order valence-corrected chi connectivity index (χ0v) is 15.0. The molecule has 0 heterocycles. The summed E-state index contributed by atoms with van der Waals surface area (Å²) in [4.78, 5) is 2.33. The van der Waals surface area contributed by atoms with Crippen LogP contribution in [0.4, 0.5) is 0 Å². The number of nitrogens with zero attached hydrogens (tertiary/aromatic N) is 1. The van der Waals surface area contributed by atoms with Crippen LogP contribution in [-0.4, -0.2) is 31.6 Å². The van der Waals surface area contributed by atoms with Crippen LogP contribution in [0.25, 0.3) is 0 Å². The molecule has 1 atom stereocenters. The normalized spacial score (nSPS) is 14.0. The molecular formula is C19H34N2. The summed E-state index contributed by atoms with van der Waals surface area (Å²) in [5, 5.41) is 3.61. The van der Waals surface area contributed by atoms with Gasteiger partial charge >= 0.3 is 0 Å². The van der Waals surface area contributed by atoms with E-state index in [0.717, 1.165) is 19.0 Å². The molecule has 0 amide bonds. The van der Waals surface area contributed by atoms with Crippen molar-refractivity contribution in [3.8, 4) is 0 Å². The molecule has 1 aromatic rings. The molecular weight excluding hydrogens is 256 g/mol. The minimum absolute atomic E-state index is 0.235. The molecule has 0 aliphatic carbocycles. The Morgan fingerprint density at radius 1 is 1.05 bits per heavy atom. The lowest BCUT2D eigenvalue weighted by atomic mass is 9.87. The van der Waals surface area contributed by atoms with E-state index >= 15 is 0 Å². The van der Waals surface area contributed by atoms with E-state index in [0.29, 0.717) is 6.04 Å². The van der Waals surface area contributed by atoms with Gasteiger partial charge in [0.05, 0.1) is 0 Å². The molecule has 1 aromatic carbocycles. The van der Waals surface area contributed by atoms with Crippen molar-refractivity contribution in [2.75, 3.05) is 20.6 Å². The predicted octanol–water partition coefficient (Wildman–Crippen LogP) is 4.05. The summed E-state index contributed by atoms with van der Waals surface area (Å²) in [5.74, 6) is 0.741. The summed E-state index contributed by atoms with van der Waals surface area (Å²) in [6, 6.07) is 9.63. The van der Waals surface area contributed by atoms with E-state index in [1.807, 2.05) is 0 Å². The Hall–Kier alpha value is -0.860. The van der Waals surface area contributed by atoms with Gasteiger partial charge in [-0.1, -0.05) is 58.9 Å². The van der Waals surface area contributed by atoms with Crippen molar-refractivity contribution in [3.63, 3.8) is 0 Å². The molecule has 120 valence electrons. The van der Waals surface area contributed by atoms with Crippen LogP contribution in [-0.2, 0) is 12.0 Å².